The molecule has 0 aliphatic heterocycles. The van der Waals surface area contributed by atoms with Crippen LogP contribution in [0.2, 0.25) is 0 Å². The van der Waals surface area contributed by atoms with Crippen LogP contribution in [0.1, 0.15) is 11.4 Å². The molecule has 0 saturated heterocycles. The Labute approximate surface area is 98.1 Å². The average molecular weight is 228 g/mol. The number of fused-ring (bicyclic) bond motifs is 3. The molecule has 3 heterocycles. The smallest absolute Gasteiger partial charge is 0.215 e. The fraction of sp³-hybridized carbons (Fsp3) is 0.250. The lowest BCUT2D eigenvalue weighted by Gasteiger charge is -2.05. The molecule has 0 atom stereocenters. The summed E-state index contributed by atoms with van der Waals surface area (Å²) in [5.41, 5.74) is 4.54. The van der Waals surface area contributed by atoms with Gasteiger partial charge >= 0.3 is 0 Å². The van der Waals surface area contributed by atoms with Gasteiger partial charge in [0, 0.05) is 6.07 Å². The highest BCUT2D eigenvalue weighted by atomic mass is 16.5. The van der Waals surface area contributed by atoms with Gasteiger partial charge < -0.3 is 4.74 Å². The third-order valence-electron chi connectivity index (χ3n) is 2.85. The normalized spacial score (nSPS) is 11.2. The first kappa shape index (κ1) is 10.0. The van der Waals surface area contributed by atoms with E-state index in [1.54, 1.807) is 13.4 Å². The Morgan fingerprint density at radius 1 is 1.12 bits per heavy atom. The van der Waals surface area contributed by atoms with Crippen LogP contribution in [0.4, 0.5) is 0 Å². The average Bonchev–Trinajstić information content (AvgIpc) is 2.72. The van der Waals surface area contributed by atoms with Crippen LogP contribution in [-0.4, -0.2) is 26.5 Å². The van der Waals surface area contributed by atoms with Gasteiger partial charge in [-0.3, -0.25) is 4.40 Å². The summed E-state index contributed by atoms with van der Waals surface area (Å²) < 4.78 is 7.09. The number of hydrogen-bond acceptors (Lipinski definition) is 4. The third-order valence-corrected chi connectivity index (χ3v) is 2.85. The summed E-state index contributed by atoms with van der Waals surface area (Å²) in [4.78, 5) is 13.3. The number of ether oxygens (including phenoxy) is 1. The van der Waals surface area contributed by atoms with Crippen molar-refractivity contribution in [1.82, 2.24) is 19.4 Å². The Morgan fingerprint density at radius 3 is 2.71 bits per heavy atom. The van der Waals surface area contributed by atoms with Gasteiger partial charge in [0.2, 0.25) is 5.88 Å². The first-order valence-corrected chi connectivity index (χ1v) is 5.35. The molecule has 0 aliphatic rings. The number of hydrogen-bond donors (Lipinski definition) is 0. The highest BCUT2D eigenvalue weighted by Crippen LogP contribution is 2.20. The molecule has 0 N–H and O–H groups in total. The van der Waals surface area contributed by atoms with Crippen molar-refractivity contribution in [3.8, 4) is 5.88 Å². The van der Waals surface area contributed by atoms with E-state index in [1.165, 1.54) is 0 Å². The van der Waals surface area contributed by atoms with Crippen LogP contribution in [0.5, 0.6) is 5.88 Å². The molecule has 0 amide bonds. The van der Waals surface area contributed by atoms with Gasteiger partial charge in [0.15, 0.2) is 5.65 Å². The second-order valence-corrected chi connectivity index (χ2v) is 3.94. The number of aromatic nitrogens is 4. The number of methoxy groups -OCH3 is 1. The van der Waals surface area contributed by atoms with E-state index in [9.17, 15) is 0 Å². The van der Waals surface area contributed by atoms with E-state index in [-0.39, 0.29) is 0 Å². The Kier molecular flexibility index (Phi) is 2.01. The monoisotopic (exact) mass is 228 g/mol. The van der Waals surface area contributed by atoms with Gasteiger partial charge in [-0.05, 0) is 19.9 Å². The lowest BCUT2D eigenvalue weighted by atomic mass is 10.3. The molecule has 0 saturated carbocycles. The summed E-state index contributed by atoms with van der Waals surface area (Å²) in [5, 5.41) is 0. The third kappa shape index (κ3) is 1.35. The van der Waals surface area contributed by atoms with Gasteiger partial charge in [-0.2, -0.15) is 4.98 Å². The molecule has 5 heteroatoms. The van der Waals surface area contributed by atoms with Crippen molar-refractivity contribution in [2.45, 2.75) is 13.8 Å². The van der Waals surface area contributed by atoms with Crippen molar-refractivity contribution >= 4 is 16.7 Å². The fourth-order valence-electron chi connectivity index (χ4n) is 2.07. The van der Waals surface area contributed by atoms with Crippen molar-refractivity contribution in [2.75, 3.05) is 7.11 Å². The van der Waals surface area contributed by atoms with Crippen LogP contribution < -0.4 is 4.74 Å². The quantitative estimate of drug-likeness (QED) is 0.638. The van der Waals surface area contributed by atoms with E-state index in [4.69, 9.17) is 4.74 Å². The molecule has 0 unspecified atom stereocenters. The minimum atomic E-state index is 0.579. The van der Waals surface area contributed by atoms with Gasteiger partial charge in [-0.1, -0.05) is 0 Å². The van der Waals surface area contributed by atoms with E-state index in [1.807, 2.05) is 30.4 Å². The van der Waals surface area contributed by atoms with Crippen molar-refractivity contribution in [1.29, 1.82) is 0 Å². The summed E-state index contributed by atoms with van der Waals surface area (Å²) in [5.74, 6) is 0.579. The highest BCUT2D eigenvalue weighted by molar-refractivity contribution is 5.77. The van der Waals surface area contributed by atoms with Gasteiger partial charge in [-0.15, -0.1) is 0 Å². The van der Waals surface area contributed by atoms with Gasteiger partial charge in [0.05, 0.1) is 24.0 Å². The fourth-order valence-corrected chi connectivity index (χ4v) is 2.07. The maximum absolute atomic E-state index is 5.14. The standard InChI is InChI=1S/C12H12N4O/c1-7-11-8(2)14-9-4-5-10(17-3)15-12(9)16(11)6-13-7/h4-6H,1-3H3. The zero-order valence-electron chi connectivity index (χ0n) is 9.93. The molecular weight excluding hydrogens is 216 g/mol. The van der Waals surface area contributed by atoms with Crippen LogP contribution in [0.15, 0.2) is 18.5 Å². The Bertz CT molecular complexity index is 717. The van der Waals surface area contributed by atoms with E-state index in [2.05, 4.69) is 15.0 Å². The summed E-state index contributed by atoms with van der Waals surface area (Å²) in [6.07, 6.45) is 1.77. The molecule has 0 bridgehead atoms. The minimum absolute atomic E-state index is 0.579. The molecular formula is C12H12N4O. The number of aryl methyl sites for hydroxylation is 2. The summed E-state index contributed by atoms with van der Waals surface area (Å²) in [7, 11) is 1.60. The molecule has 0 spiro atoms. The van der Waals surface area contributed by atoms with E-state index >= 15 is 0 Å². The molecule has 0 aromatic carbocycles. The van der Waals surface area contributed by atoms with Gasteiger partial charge in [0.1, 0.15) is 11.8 Å². The van der Waals surface area contributed by atoms with Crippen LogP contribution in [0.3, 0.4) is 0 Å². The van der Waals surface area contributed by atoms with E-state index < -0.39 is 0 Å². The van der Waals surface area contributed by atoms with Gasteiger partial charge in [-0.25, -0.2) is 9.97 Å². The molecule has 3 aromatic rings. The summed E-state index contributed by atoms with van der Waals surface area (Å²) >= 11 is 0. The van der Waals surface area contributed by atoms with Crippen LogP contribution in [0, 0.1) is 13.8 Å². The predicted octanol–water partition coefficient (Wildman–Crippen LogP) is 1.90. The number of rotatable bonds is 1. The van der Waals surface area contributed by atoms with E-state index in [0.29, 0.717) is 5.88 Å². The first-order valence-electron chi connectivity index (χ1n) is 5.35. The van der Waals surface area contributed by atoms with Crippen LogP contribution >= 0.6 is 0 Å². The maximum atomic E-state index is 5.14. The number of nitrogens with zero attached hydrogens (tertiary/aromatic N) is 4. The molecule has 0 radical (unpaired) electrons. The number of imidazole rings is 1. The van der Waals surface area contributed by atoms with Gasteiger partial charge in [0.25, 0.3) is 0 Å². The molecule has 3 aromatic heterocycles. The predicted molar refractivity (Wildman–Crippen MR) is 64.3 cm³/mol. The SMILES string of the molecule is COc1ccc2nc(C)c3c(C)ncn3c2n1. The molecule has 3 rings (SSSR count). The second kappa shape index (κ2) is 3.41. The lowest BCUT2D eigenvalue weighted by molar-refractivity contribution is 0.399. The van der Waals surface area contributed by atoms with Crippen molar-refractivity contribution in [2.24, 2.45) is 0 Å². The van der Waals surface area contributed by atoms with Crippen molar-refractivity contribution < 1.29 is 4.74 Å². The Morgan fingerprint density at radius 2 is 1.94 bits per heavy atom. The molecule has 0 fully saturated rings. The van der Waals surface area contributed by atoms with Crippen molar-refractivity contribution in [3.05, 3.63) is 29.8 Å². The number of pyridine rings is 1. The molecule has 17 heavy (non-hydrogen) atoms. The van der Waals surface area contributed by atoms with E-state index in [0.717, 1.165) is 28.1 Å². The van der Waals surface area contributed by atoms with Crippen LogP contribution in [-0.2, 0) is 0 Å². The topological polar surface area (TPSA) is 52.3 Å². The Hall–Kier alpha value is -2.17. The summed E-state index contributed by atoms with van der Waals surface area (Å²) in [6, 6.07) is 3.72. The van der Waals surface area contributed by atoms with Crippen molar-refractivity contribution in [3.63, 3.8) is 0 Å². The lowest BCUT2D eigenvalue weighted by Crippen LogP contribution is -1.98. The maximum Gasteiger partial charge on any atom is 0.215 e. The second-order valence-electron chi connectivity index (χ2n) is 3.94. The Balaban J connectivity index is 2.51. The highest BCUT2D eigenvalue weighted by Gasteiger charge is 2.10. The molecule has 0 aliphatic carbocycles. The zero-order valence-corrected chi connectivity index (χ0v) is 9.93. The minimum Gasteiger partial charge on any atom is -0.481 e. The van der Waals surface area contributed by atoms with Crippen LogP contribution in [0.25, 0.3) is 16.7 Å². The molecule has 86 valence electrons. The largest absolute Gasteiger partial charge is 0.481 e. The zero-order chi connectivity index (χ0) is 12.0. The molecule has 5 nitrogen and oxygen atoms in total. The first-order chi connectivity index (χ1) is 8.20. The summed E-state index contributed by atoms with van der Waals surface area (Å²) in [6.45, 7) is 3.95.